The zero-order valence-corrected chi connectivity index (χ0v) is 9.76. The molecule has 0 aliphatic carbocycles. The number of aliphatic hydroxyl groups excluding tert-OH is 1. The van der Waals surface area contributed by atoms with E-state index in [2.05, 4.69) is 10.3 Å². The summed E-state index contributed by atoms with van der Waals surface area (Å²) in [6, 6.07) is 5.55. The predicted molar refractivity (Wildman–Crippen MR) is 64.3 cm³/mol. The second-order valence-corrected chi connectivity index (χ2v) is 3.95. The number of pyridine rings is 1. The molecule has 0 amide bonds. The van der Waals surface area contributed by atoms with E-state index >= 15 is 0 Å². The maximum atomic E-state index is 9.90. The van der Waals surface area contributed by atoms with Gasteiger partial charge in [-0.05, 0) is 36.2 Å². The van der Waals surface area contributed by atoms with Crippen LogP contribution < -0.4 is 5.32 Å². The minimum Gasteiger partial charge on any atom is -0.468 e. The standard InChI is InChI=1S/C13H16N2O2/c1-10-4-7-17-13(10)9-15-8-12(16)11-2-5-14-6-3-11/h2-7,12,15-16H,8-9H2,1H3. The van der Waals surface area contributed by atoms with Gasteiger partial charge in [-0.3, -0.25) is 4.98 Å². The Bertz CT molecular complexity index is 453. The van der Waals surface area contributed by atoms with Crippen LogP contribution in [0.1, 0.15) is 23.0 Å². The first kappa shape index (κ1) is 11.8. The van der Waals surface area contributed by atoms with Crippen LogP contribution in [0.5, 0.6) is 0 Å². The van der Waals surface area contributed by atoms with Gasteiger partial charge in [0.2, 0.25) is 0 Å². The van der Waals surface area contributed by atoms with Gasteiger partial charge < -0.3 is 14.8 Å². The maximum Gasteiger partial charge on any atom is 0.120 e. The summed E-state index contributed by atoms with van der Waals surface area (Å²) in [4.78, 5) is 3.91. The van der Waals surface area contributed by atoms with Gasteiger partial charge >= 0.3 is 0 Å². The molecular formula is C13H16N2O2. The van der Waals surface area contributed by atoms with Crippen molar-refractivity contribution in [3.8, 4) is 0 Å². The van der Waals surface area contributed by atoms with Crippen LogP contribution in [0.4, 0.5) is 0 Å². The number of aryl methyl sites for hydroxylation is 1. The molecule has 0 aliphatic rings. The zero-order chi connectivity index (χ0) is 12.1. The zero-order valence-electron chi connectivity index (χ0n) is 9.76. The van der Waals surface area contributed by atoms with Crippen LogP contribution in [-0.4, -0.2) is 16.6 Å². The minimum absolute atomic E-state index is 0.490. The molecular weight excluding hydrogens is 216 g/mol. The van der Waals surface area contributed by atoms with Crippen molar-refractivity contribution in [3.63, 3.8) is 0 Å². The average molecular weight is 232 g/mol. The smallest absolute Gasteiger partial charge is 0.120 e. The highest BCUT2D eigenvalue weighted by atomic mass is 16.3. The fourth-order valence-corrected chi connectivity index (χ4v) is 1.61. The van der Waals surface area contributed by atoms with E-state index in [1.165, 1.54) is 0 Å². The molecule has 4 heteroatoms. The quantitative estimate of drug-likeness (QED) is 0.825. The summed E-state index contributed by atoms with van der Waals surface area (Å²) in [6.45, 7) is 3.12. The highest BCUT2D eigenvalue weighted by Crippen LogP contribution is 2.11. The second kappa shape index (κ2) is 5.61. The first-order valence-electron chi connectivity index (χ1n) is 5.59. The number of furan rings is 1. The van der Waals surface area contributed by atoms with Gasteiger partial charge in [-0.15, -0.1) is 0 Å². The Balaban J connectivity index is 1.81. The Morgan fingerprint density at radius 2 is 2.12 bits per heavy atom. The van der Waals surface area contributed by atoms with Crippen LogP contribution in [0.3, 0.4) is 0 Å². The number of hydrogen-bond donors (Lipinski definition) is 2. The van der Waals surface area contributed by atoms with Crippen molar-refractivity contribution in [2.24, 2.45) is 0 Å². The van der Waals surface area contributed by atoms with E-state index in [9.17, 15) is 5.11 Å². The Morgan fingerprint density at radius 1 is 1.35 bits per heavy atom. The topological polar surface area (TPSA) is 58.3 Å². The van der Waals surface area contributed by atoms with Crippen LogP contribution in [0, 0.1) is 6.92 Å². The summed E-state index contributed by atoms with van der Waals surface area (Å²) in [5.74, 6) is 0.909. The third-order valence-corrected chi connectivity index (χ3v) is 2.68. The lowest BCUT2D eigenvalue weighted by Crippen LogP contribution is -2.21. The van der Waals surface area contributed by atoms with E-state index in [-0.39, 0.29) is 0 Å². The van der Waals surface area contributed by atoms with Gasteiger partial charge in [-0.25, -0.2) is 0 Å². The molecule has 1 unspecified atom stereocenters. The van der Waals surface area contributed by atoms with Gasteiger partial charge in [-0.1, -0.05) is 0 Å². The number of rotatable bonds is 5. The molecule has 90 valence electrons. The fraction of sp³-hybridized carbons (Fsp3) is 0.308. The molecule has 0 aromatic carbocycles. The van der Waals surface area contributed by atoms with Crippen molar-refractivity contribution in [1.82, 2.24) is 10.3 Å². The summed E-state index contributed by atoms with van der Waals surface area (Å²) in [5, 5.41) is 13.1. The first-order valence-corrected chi connectivity index (χ1v) is 5.59. The molecule has 0 saturated carbocycles. The van der Waals surface area contributed by atoms with E-state index < -0.39 is 6.10 Å². The maximum absolute atomic E-state index is 9.90. The summed E-state index contributed by atoms with van der Waals surface area (Å²) >= 11 is 0. The Morgan fingerprint density at radius 3 is 2.76 bits per heavy atom. The van der Waals surface area contributed by atoms with Crippen molar-refractivity contribution in [2.45, 2.75) is 19.6 Å². The largest absolute Gasteiger partial charge is 0.468 e. The molecule has 0 fully saturated rings. The van der Waals surface area contributed by atoms with E-state index in [1.807, 2.05) is 25.1 Å². The molecule has 1 atom stereocenters. The fourth-order valence-electron chi connectivity index (χ4n) is 1.61. The van der Waals surface area contributed by atoms with E-state index in [0.717, 1.165) is 16.9 Å². The molecule has 2 aromatic heterocycles. The van der Waals surface area contributed by atoms with E-state index in [0.29, 0.717) is 13.1 Å². The molecule has 2 aromatic rings. The Labute approximate surface area is 100 Å². The number of aliphatic hydroxyl groups is 1. The Kier molecular flexibility index (Phi) is 3.90. The van der Waals surface area contributed by atoms with Gasteiger partial charge in [0.05, 0.1) is 18.9 Å². The van der Waals surface area contributed by atoms with Crippen LogP contribution in [0.2, 0.25) is 0 Å². The van der Waals surface area contributed by atoms with Gasteiger partial charge in [0.15, 0.2) is 0 Å². The van der Waals surface area contributed by atoms with E-state index in [4.69, 9.17) is 4.42 Å². The van der Waals surface area contributed by atoms with E-state index in [1.54, 1.807) is 18.7 Å². The Hall–Kier alpha value is -1.65. The number of nitrogens with one attached hydrogen (secondary N) is 1. The number of hydrogen-bond acceptors (Lipinski definition) is 4. The molecule has 2 heterocycles. The molecule has 0 spiro atoms. The van der Waals surface area contributed by atoms with Crippen molar-refractivity contribution in [2.75, 3.05) is 6.54 Å². The lowest BCUT2D eigenvalue weighted by molar-refractivity contribution is 0.173. The SMILES string of the molecule is Cc1ccoc1CNCC(O)c1ccncc1. The summed E-state index contributed by atoms with van der Waals surface area (Å²) in [6.07, 6.45) is 4.50. The third-order valence-electron chi connectivity index (χ3n) is 2.68. The summed E-state index contributed by atoms with van der Waals surface area (Å²) in [7, 11) is 0. The molecule has 2 rings (SSSR count). The molecule has 4 nitrogen and oxygen atoms in total. The van der Waals surface area contributed by atoms with Gasteiger partial charge in [0.25, 0.3) is 0 Å². The highest BCUT2D eigenvalue weighted by Gasteiger charge is 2.07. The lowest BCUT2D eigenvalue weighted by Gasteiger charge is -2.11. The van der Waals surface area contributed by atoms with Crippen LogP contribution in [0.15, 0.2) is 41.3 Å². The molecule has 17 heavy (non-hydrogen) atoms. The van der Waals surface area contributed by atoms with Crippen molar-refractivity contribution in [3.05, 3.63) is 53.7 Å². The van der Waals surface area contributed by atoms with Crippen molar-refractivity contribution >= 4 is 0 Å². The van der Waals surface area contributed by atoms with Crippen LogP contribution >= 0.6 is 0 Å². The monoisotopic (exact) mass is 232 g/mol. The highest BCUT2D eigenvalue weighted by molar-refractivity contribution is 5.15. The molecule has 0 aliphatic heterocycles. The lowest BCUT2D eigenvalue weighted by atomic mass is 10.1. The van der Waals surface area contributed by atoms with Crippen molar-refractivity contribution in [1.29, 1.82) is 0 Å². The summed E-state index contributed by atoms with van der Waals surface area (Å²) in [5.41, 5.74) is 1.99. The molecule has 0 saturated heterocycles. The first-order chi connectivity index (χ1) is 8.27. The second-order valence-electron chi connectivity index (χ2n) is 3.95. The van der Waals surface area contributed by atoms with Gasteiger partial charge in [0.1, 0.15) is 5.76 Å². The van der Waals surface area contributed by atoms with Gasteiger partial charge in [-0.2, -0.15) is 0 Å². The number of nitrogens with zero attached hydrogens (tertiary/aromatic N) is 1. The predicted octanol–water partition coefficient (Wildman–Crippen LogP) is 1.81. The molecule has 0 bridgehead atoms. The van der Waals surface area contributed by atoms with Crippen LogP contribution in [0.25, 0.3) is 0 Å². The average Bonchev–Trinajstić information content (AvgIpc) is 2.76. The molecule has 2 N–H and O–H groups in total. The van der Waals surface area contributed by atoms with Crippen molar-refractivity contribution < 1.29 is 9.52 Å². The summed E-state index contributed by atoms with van der Waals surface area (Å²) < 4.78 is 5.30. The molecule has 0 radical (unpaired) electrons. The van der Waals surface area contributed by atoms with Gasteiger partial charge in [0, 0.05) is 18.9 Å². The number of aromatic nitrogens is 1. The third kappa shape index (κ3) is 3.15. The van der Waals surface area contributed by atoms with Crippen LogP contribution in [-0.2, 0) is 6.54 Å². The minimum atomic E-state index is -0.520. The normalized spacial score (nSPS) is 12.6.